The largest absolute Gasteiger partial charge is 0.466 e. The Balaban J connectivity index is 2.63. The van der Waals surface area contributed by atoms with Crippen LogP contribution in [0.5, 0.6) is 5.88 Å². The van der Waals surface area contributed by atoms with Crippen molar-refractivity contribution in [1.82, 2.24) is 4.98 Å². The summed E-state index contributed by atoms with van der Waals surface area (Å²) >= 11 is 11.3. The van der Waals surface area contributed by atoms with Crippen LogP contribution in [0.3, 0.4) is 0 Å². The fraction of sp³-hybridized carbons (Fsp3) is 0.250. The van der Waals surface area contributed by atoms with Crippen LogP contribution in [0.4, 0.5) is 0 Å². The van der Waals surface area contributed by atoms with Gasteiger partial charge in [-0.3, -0.25) is 0 Å². The normalized spacial score (nSPS) is 9.64. The molecule has 0 spiro atoms. The van der Waals surface area contributed by atoms with Crippen LogP contribution in [0.15, 0.2) is 12.3 Å². The van der Waals surface area contributed by atoms with Gasteiger partial charge >= 0.3 is 5.97 Å². The molecule has 1 rings (SSSR count). The van der Waals surface area contributed by atoms with E-state index in [1.165, 1.54) is 19.4 Å². The number of methoxy groups -OCH3 is 1. The highest BCUT2D eigenvalue weighted by atomic mass is 35.5. The summed E-state index contributed by atoms with van der Waals surface area (Å²) in [5.74, 6) is -0.348. The van der Waals surface area contributed by atoms with Crippen LogP contribution >= 0.6 is 23.2 Å². The highest BCUT2D eigenvalue weighted by Crippen LogP contribution is 2.24. The first-order valence-corrected chi connectivity index (χ1v) is 4.39. The number of pyridine rings is 1. The smallest absolute Gasteiger partial charge is 0.343 e. The lowest BCUT2D eigenvalue weighted by molar-refractivity contribution is -0.143. The Morgan fingerprint density at radius 1 is 1.57 bits per heavy atom. The summed E-state index contributed by atoms with van der Waals surface area (Å²) in [5, 5.41) is 0.654. The minimum absolute atomic E-state index is 0.154. The van der Waals surface area contributed by atoms with Gasteiger partial charge in [0.25, 0.3) is 0 Å². The maximum Gasteiger partial charge on any atom is 0.343 e. The number of hydrogen-bond acceptors (Lipinski definition) is 4. The van der Waals surface area contributed by atoms with E-state index < -0.39 is 5.97 Å². The number of aromatic nitrogens is 1. The molecule has 0 aliphatic carbocycles. The van der Waals surface area contributed by atoms with E-state index in [0.29, 0.717) is 5.02 Å². The quantitative estimate of drug-likeness (QED) is 0.752. The third-order valence-electron chi connectivity index (χ3n) is 1.33. The topological polar surface area (TPSA) is 48.4 Å². The van der Waals surface area contributed by atoms with Crippen molar-refractivity contribution in [1.29, 1.82) is 0 Å². The van der Waals surface area contributed by atoms with Crippen molar-refractivity contribution in [2.24, 2.45) is 0 Å². The monoisotopic (exact) mass is 235 g/mol. The average Bonchev–Trinajstić information content (AvgIpc) is 2.16. The molecule has 0 fully saturated rings. The van der Waals surface area contributed by atoms with Gasteiger partial charge in [-0.15, -0.1) is 0 Å². The van der Waals surface area contributed by atoms with Gasteiger partial charge < -0.3 is 9.47 Å². The van der Waals surface area contributed by atoms with Crippen molar-refractivity contribution < 1.29 is 14.3 Å². The Bertz CT molecular complexity index is 343. The van der Waals surface area contributed by atoms with Crippen LogP contribution in [-0.4, -0.2) is 24.7 Å². The van der Waals surface area contributed by atoms with Crippen LogP contribution in [-0.2, 0) is 9.53 Å². The molecule has 0 radical (unpaired) electrons. The molecule has 0 aromatic carbocycles. The summed E-state index contributed by atoms with van der Waals surface area (Å²) in [7, 11) is 1.27. The van der Waals surface area contributed by atoms with Crippen LogP contribution < -0.4 is 4.74 Å². The van der Waals surface area contributed by atoms with Crippen molar-refractivity contribution >= 4 is 29.2 Å². The standard InChI is InChI=1S/C8H7Cl2NO3/c1-13-7(12)4-14-8-6(10)2-5(9)3-11-8/h2-3H,4H2,1H3. The molecule has 0 atom stereocenters. The molecule has 1 aromatic rings. The minimum atomic E-state index is -0.502. The Morgan fingerprint density at radius 2 is 2.29 bits per heavy atom. The second kappa shape index (κ2) is 5.02. The molecule has 14 heavy (non-hydrogen) atoms. The second-order valence-corrected chi connectivity index (χ2v) is 3.15. The molecule has 6 heteroatoms. The Kier molecular flexibility index (Phi) is 3.98. The van der Waals surface area contributed by atoms with Gasteiger partial charge in [0.05, 0.1) is 12.1 Å². The van der Waals surface area contributed by atoms with Gasteiger partial charge in [0, 0.05) is 6.20 Å². The van der Waals surface area contributed by atoms with Crippen LogP contribution in [0.2, 0.25) is 10.0 Å². The summed E-state index contributed by atoms with van der Waals surface area (Å²) in [6, 6.07) is 1.47. The van der Waals surface area contributed by atoms with E-state index in [-0.39, 0.29) is 17.5 Å². The molecule has 0 bridgehead atoms. The van der Waals surface area contributed by atoms with Gasteiger partial charge in [-0.1, -0.05) is 23.2 Å². The number of carbonyl (C=O) groups excluding carboxylic acids is 1. The van der Waals surface area contributed by atoms with Crippen molar-refractivity contribution in [2.75, 3.05) is 13.7 Å². The number of halogens is 2. The molecule has 4 nitrogen and oxygen atoms in total. The van der Waals surface area contributed by atoms with Gasteiger partial charge in [0.2, 0.25) is 5.88 Å². The fourth-order valence-corrected chi connectivity index (χ4v) is 1.13. The Hall–Kier alpha value is -1.000. The summed E-state index contributed by atoms with van der Waals surface area (Å²) in [5.41, 5.74) is 0. The number of nitrogens with zero attached hydrogens (tertiary/aromatic N) is 1. The molecular weight excluding hydrogens is 229 g/mol. The zero-order valence-electron chi connectivity index (χ0n) is 7.29. The third kappa shape index (κ3) is 3.05. The molecule has 0 saturated carbocycles. The SMILES string of the molecule is COC(=O)COc1ncc(Cl)cc1Cl. The number of hydrogen-bond donors (Lipinski definition) is 0. The lowest BCUT2D eigenvalue weighted by Gasteiger charge is -2.04. The minimum Gasteiger partial charge on any atom is -0.466 e. The maximum atomic E-state index is 10.7. The van der Waals surface area contributed by atoms with E-state index in [4.69, 9.17) is 27.9 Å². The van der Waals surface area contributed by atoms with E-state index >= 15 is 0 Å². The molecule has 0 unspecified atom stereocenters. The zero-order valence-corrected chi connectivity index (χ0v) is 8.80. The van der Waals surface area contributed by atoms with Crippen molar-refractivity contribution in [2.45, 2.75) is 0 Å². The molecule has 76 valence electrons. The average molecular weight is 236 g/mol. The first kappa shape index (κ1) is 11.1. The number of ether oxygens (including phenoxy) is 2. The lowest BCUT2D eigenvalue weighted by atomic mass is 10.5. The summed E-state index contributed by atoms with van der Waals surface area (Å²) < 4.78 is 9.34. The predicted molar refractivity (Wildman–Crippen MR) is 51.8 cm³/mol. The molecule has 1 aromatic heterocycles. The molecule has 0 aliphatic heterocycles. The molecule has 0 amide bonds. The number of carbonyl (C=O) groups is 1. The van der Waals surface area contributed by atoms with Crippen molar-refractivity contribution in [3.8, 4) is 5.88 Å². The van der Waals surface area contributed by atoms with E-state index in [9.17, 15) is 4.79 Å². The molecule has 0 N–H and O–H groups in total. The second-order valence-electron chi connectivity index (χ2n) is 2.31. The van der Waals surface area contributed by atoms with E-state index in [2.05, 4.69) is 9.72 Å². The van der Waals surface area contributed by atoms with Gasteiger partial charge in [-0.2, -0.15) is 0 Å². The fourth-order valence-electron chi connectivity index (χ4n) is 0.694. The molecular formula is C8H7Cl2NO3. The first-order chi connectivity index (χ1) is 6.63. The number of esters is 1. The summed E-state index contributed by atoms with van der Waals surface area (Å²) in [6.45, 7) is -0.231. The van der Waals surface area contributed by atoms with Gasteiger partial charge in [-0.05, 0) is 6.07 Å². The summed E-state index contributed by atoms with van der Waals surface area (Å²) in [6.07, 6.45) is 1.38. The highest BCUT2D eigenvalue weighted by molar-refractivity contribution is 6.35. The van der Waals surface area contributed by atoms with Crippen molar-refractivity contribution in [3.05, 3.63) is 22.3 Å². The Labute approximate surface area is 90.7 Å². The lowest BCUT2D eigenvalue weighted by Crippen LogP contribution is -2.13. The summed E-state index contributed by atoms with van der Waals surface area (Å²) in [4.78, 5) is 14.5. The maximum absolute atomic E-state index is 10.7. The van der Waals surface area contributed by atoms with Crippen LogP contribution in [0.1, 0.15) is 0 Å². The van der Waals surface area contributed by atoms with E-state index in [1.54, 1.807) is 0 Å². The van der Waals surface area contributed by atoms with Gasteiger partial charge in [0.15, 0.2) is 6.61 Å². The van der Waals surface area contributed by atoms with Gasteiger partial charge in [0.1, 0.15) is 5.02 Å². The third-order valence-corrected chi connectivity index (χ3v) is 1.81. The van der Waals surface area contributed by atoms with E-state index in [0.717, 1.165) is 0 Å². The van der Waals surface area contributed by atoms with Gasteiger partial charge in [-0.25, -0.2) is 9.78 Å². The predicted octanol–water partition coefficient (Wildman–Crippen LogP) is 1.94. The Morgan fingerprint density at radius 3 is 2.86 bits per heavy atom. The zero-order chi connectivity index (χ0) is 10.6. The molecule has 1 heterocycles. The van der Waals surface area contributed by atoms with E-state index in [1.807, 2.05) is 0 Å². The molecule has 0 saturated heterocycles. The highest BCUT2D eigenvalue weighted by Gasteiger charge is 2.07. The van der Waals surface area contributed by atoms with Crippen LogP contribution in [0.25, 0.3) is 0 Å². The first-order valence-electron chi connectivity index (χ1n) is 3.64. The number of rotatable bonds is 3. The molecule has 0 aliphatic rings. The van der Waals surface area contributed by atoms with Crippen molar-refractivity contribution in [3.63, 3.8) is 0 Å². The van der Waals surface area contributed by atoms with Crippen LogP contribution in [0, 0.1) is 0 Å².